The lowest BCUT2D eigenvalue weighted by atomic mass is 10.0. The molecule has 0 heterocycles. The maximum absolute atomic E-state index is 12.9. The van der Waals surface area contributed by atoms with Gasteiger partial charge in [-0.25, -0.2) is 4.79 Å². The third-order valence-electron chi connectivity index (χ3n) is 4.79. The summed E-state index contributed by atoms with van der Waals surface area (Å²) in [5.41, 5.74) is 2.52. The van der Waals surface area contributed by atoms with E-state index < -0.39 is 18.1 Å². The number of anilines is 1. The molecule has 158 valence electrons. The summed E-state index contributed by atoms with van der Waals surface area (Å²) >= 11 is 0. The van der Waals surface area contributed by atoms with Crippen LogP contribution in [-0.2, 0) is 9.53 Å². The highest BCUT2D eigenvalue weighted by atomic mass is 16.5. The quantitative estimate of drug-likeness (QED) is 0.456. The first kappa shape index (κ1) is 21.9. The number of nitriles is 1. The molecule has 0 saturated carbocycles. The summed E-state index contributed by atoms with van der Waals surface area (Å²) in [7, 11) is 0. The van der Waals surface area contributed by atoms with Crippen LogP contribution >= 0.6 is 0 Å². The molecule has 0 aromatic heterocycles. The van der Waals surface area contributed by atoms with E-state index in [2.05, 4.69) is 11.4 Å². The van der Waals surface area contributed by atoms with Crippen LogP contribution in [0, 0.1) is 24.2 Å². The molecule has 0 aliphatic carbocycles. The number of nitrogens with one attached hydrogen (secondary N) is 1. The van der Waals surface area contributed by atoms with Crippen LogP contribution in [0.5, 0.6) is 11.5 Å². The fourth-order valence-corrected chi connectivity index (χ4v) is 3.05. The SMILES string of the molecule is Cc1ccc(NC(C(=O)OC(C#N)c2cccc(Oc3ccccc3)c2)C(C)C)cc1. The lowest BCUT2D eigenvalue weighted by Crippen LogP contribution is -2.36. The molecule has 5 nitrogen and oxygen atoms in total. The Morgan fingerprint density at radius 1 is 0.935 bits per heavy atom. The van der Waals surface area contributed by atoms with Crippen molar-refractivity contribution in [2.24, 2.45) is 5.92 Å². The van der Waals surface area contributed by atoms with Crippen molar-refractivity contribution >= 4 is 11.7 Å². The first-order chi connectivity index (χ1) is 15.0. The van der Waals surface area contributed by atoms with Crippen molar-refractivity contribution in [2.45, 2.75) is 32.9 Å². The smallest absolute Gasteiger partial charge is 0.330 e. The monoisotopic (exact) mass is 414 g/mol. The van der Waals surface area contributed by atoms with E-state index in [4.69, 9.17) is 9.47 Å². The summed E-state index contributed by atoms with van der Waals surface area (Å²) in [6, 6.07) is 25.7. The molecule has 0 bridgehead atoms. The molecule has 0 radical (unpaired) electrons. The van der Waals surface area contributed by atoms with Gasteiger partial charge in [-0.1, -0.05) is 61.9 Å². The second-order valence-electron chi connectivity index (χ2n) is 7.67. The summed E-state index contributed by atoms with van der Waals surface area (Å²) in [5.74, 6) is 0.753. The number of carbonyl (C=O) groups excluding carboxylic acids is 1. The Bertz CT molecular complexity index is 1040. The summed E-state index contributed by atoms with van der Waals surface area (Å²) in [4.78, 5) is 12.9. The normalized spacial score (nSPS) is 12.5. The average Bonchev–Trinajstić information content (AvgIpc) is 2.77. The Kier molecular flexibility index (Phi) is 7.29. The van der Waals surface area contributed by atoms with E-state index in [0.717, 1.165) is 11.3 Å². The van der Waals surface area contributed by atoms with Crippen LogP contribution in [0.2, 0.25) is 0 Å². The predicted octanol–water partition coefficient (Wildman–Crippen LogP) is 6.03. The van der Waals surface area contributed by atoms with E-state index in [0.29, 0.717) is 17.1 Å². The molecule has 3 aromatic rings. The summed E-state index contributed by atoms with van der Waals surface area (Å²) in [6.07, 6.45) is -1.03. The summed E-state index contributed by atoms with van der Waals surface area (Å²) < 4.78 is 11.4. The first-order valence-corrected chi connectivity index (χ1v) is 10.2. The second kappa shape index (κ2) is 10.3. The van der Waals surface area contributed by atoms with Gasteiger partial charge in [-0.2, -0.15) is 5.26 Å². The fraction of sp³-hybridized carbons (Fsp3) is 0.231. The van der Waals surface area contributed by atoms with Gasteiger partial charge in [0.15, 0.2) is 0 Å². The zero-order valence-corrected chi connectivity index (χ0v) is 17.9. The molecule has 31 heavy (non-hydrogen) atoms. The van der Waals surface area contributed by atoms with E-state index in [9.17, 15) is 10.1 Å². The second-order valence-corrected chi connectivity index (χ2v) is 7.67. The Hall–Kier alpha value is -3.78. The number of benzene rings is 3. The maximum Gasteiger partial charge on any atom is 0.330 e. The van der Waals surface area contributed by atoms with Crippen molar-refractivity contribution in [2.75, 3.05) is 5.32 Å². The van der Waals surface area contributed by atoms with Crippen molar-refractivity contribution in [3.05, 3.63) is 90.0 Å². The van der Waals surface area contributed by atoms with Gasteiger partial charge >= 0.3 is 5.97 Å². The van der Waals surface area contributed by atoms with Crippen LogP contribution < -0.4 is 10.1 Å². The molecule has 3 rings (SSSR count). The number of carbonyl (C=O) groups is 1. The molecule has 0 spiro atoms. The van der Waals surface area contributed by atoms with Crippen LogP contribution in [-0.4, -0.2) is 12.0 Å². The third kappa shape index (κ3) is 6.10. The highest BCUT2D eigenvalue weighted by Gasteiger charge is 2.27. The van der Waals surface area contributed by atoms with Gasteiger partial charge in [0.05, 0.1) is 0 Å². The van der Waals surface area contributed by atoms with Crippen LogP contribution in [0.4, 0.5) is 5.69 Å². The fourth-order valence-electron chi connectivity index (χ4n) is 3.05. The molecule has 0 aliphatic heterocycles. The number of rotatable bonds is 8. The minimum Gasteiger partial charge on any atom is -0.457 e. The number of para-hydroxylation sites is 1. The number of nitrogens with zero attached hydrogens (tertiary/aromatic N) is 1. The van der Waals surface area contributed by atoms with Crippen molar-refractivity contribution in [3.63, 3.8) is 0 Å². The number of hydrogen-bond donors (Lipinski definition) is 1. The maximum atomic E-state index is 12.9. The van der Waals surface area contributed by atoms with Gasteiger partial charge < -0.3 is 14.8 Å². The Balaban J connectivity index is 1.73. The van der Waals surface area contributed by atoms with Crippen LogP contribution in [0.1, 0.15) is 31.1 Å². The Morgan fingerprint density at radius 3 is 2.26 bits per heavy atom. The molecule has 0 amide bonds. The van der Waals surface area contributed by atoms with E-state index in [-0.39, 0.29) is 5.92 Å². The van der Waals surface area contributed by atoms with Gasteiger partial charge in [0.2, 0.25) is 6.10 Å². The van der Waals surface area contributed by atoms with E-state index in [1.54, 1.807) is 24.3 Å². The highest BCUT2D eigenvalue weighted by molar-refractivity contribution is 5.80. The van der Waals surface area contributed by atoms with Crippen molar-refractivity contribution in [1.82, 2.24) is 0 Å². The van der Waals surface area contributed by atoms with E-state index >= 15 is 0 Å². The van der Waals surface area contributed by atoms with Gasteiger partial charge in [-0.05, 0) is 49.2 Å². The zero-order chi connectivity index (χ0) is 22.2. The molecule has 0 saturated heterocycles. The predicted molar refractivity (Wildman–Crippen MR) is 121 cm³/mol. The molecular formula is C26H26N2O3. The lowest BCUT2D eigenvalue weighted by molar-refractivity contribution is -0.148. The Labute approximate surface area is 183 Å². The van der Waals surface area contributed by atoms with Gasteiger partial charge in [0.1, 0.15) is 23.6 Å². The highest BCUT2D eigenvalue weighted by Crippen LogP contribution is 2.27. The molecule has 3 aromatic carbocycles. The van der Waals surface area contributed by atoms with Gasteiger partial charge in [-0.15, -0.1) is 0 Å². The largest absolute Gasteiger partial charge is 0.457 e. The third-order valence-corrected chi connectivity index (χ3v) is 4.79. The standard InChI is InChI=1S/C26H26N2O3/c1-18(2)25(28-21-14-12-19(3)13-15-21)26(29)31-24(17-27)20-8-7-11-23(16-20)30-22-9-5-4-6-10-22/h4-16,18,24-25,28H,1-3H3. The summed E-state index contributed by atoms with van der Waals surface area (Å²) in [5, 5.41) is 12.9. The zero-order valence-electron chi connectivity index (χ0n) is 17.9. The molecule has 0 fully saturated rings. The molecule has 1 N–H and O–H groups in total. The van der Waals surface area contributed by atoms with Crippen LogP contribution in [0.25, 0.3) is 0 Å². The lowest BCUT2D eigenvalue weighted by Gasteiger charge is -2.23. The minimum absolute atomic E-state index is 0.0269. The number of esters is 1. The van der Waals surface area contributed by atoms with Gasteiger partial charge in [-0.3, -0.25) is 0 Å². The minimum atomic E-state index is -1.03. The van der Waals surface area contributed by atoms with Crippen molar-refractivity contribution in [3.8, 4) is 17.6 Å². The molecule has 2 atom stereocenters. The van der Waals surface area contributed by atoms with E-state index in [1.807, 2.05) is 75.4 Å². The molecule has 0 aliphatic rings. The van der Waals surface area contributed by atoms with Crippen molar-refractivity contribution in [1.29, 1.82) is 5.26 Å². The number of ether oxygens (including phenoxy) is 2. The molecule has 2 unspecified atom stereocenters. The van der Waals surface area contributed by atoms with Crippen molar-refractivity contribution < 1.29 is 14.3 Å². The number of aryl methyl sites for hydroxylation is 1. The van der Waals surface area contributed by atoms with Crippen LogP contribution in [0.3, 0.4) is 0 Å². The number of hydrogen-bond acceptors (Lipinski definition) is 5. The average molecular weight is 415 g/mol. The van der Waals surface area contributed by atoms with Crippen LogP contribution in [0.15, 0.2) is 78.9 Å². The van der Waals surface area contributed by atoms with E-state index in [1.165, 1.54) is 0 Å². The topological polar surface area (TPSA) is 71.3 Å². The Morgan fingerprint density at radius 2 is 1.61 bits per heavy atom. The molecular weight excluding hydrogens is 388 g/mol. The van der Waals surface area contributed by atoms with Gasteiger partial charge in [0.25, 0.3) is 0 Å². The van der Waals surface area contributed by atoms with Gasteiger partial charge in [0, 0.05) is 11.3 Å². The first-order valence-electron chi connectivity index (χ1n) is 10.2. The molecule has 5 heteroatoms. The summed E-state index contributed by atoms with van der Waals surface area (Å²) in [6.45, 7) is 5.87.